The summed E-state index contributed by atoms with van der Waals surface area (Å²) in [7, 11) is 1.79. The molecule has 4 N–H and O–H groups in total. The van der Waals surface area contributed by atoms with Crippen LogP contribution in [-0.4, -0.2) is 41.3 Å². The van der Waals surface area contributed by atoms with Gasteiger partial charge in [-0.1, -0.05) is 0 Å². The molecule has 1 aromatic heterocycles. The number of anilines is 3. The number of nitrogen functional groups attached to an aromatic ring is 1. The molecule has 88 valence electrons. The van der Waals surface area contributed by atoms with E-state index in [4.69, 9.17) is 5.73 Å². The van der Waals surface area contributed by atoms with Crippen LogP contribution in [0.4, 0.5) is 17.6 Å². The third-order valence-corrected chi connectivity index (χ3v) is 2.87. The van der Waals surface area contributed by atoms with Crippen LogP contribution in [0.3, 0.4) is 0 Å². The summed E-state index contributed by atoms with van der Waals surface area (Å²) >= 11 is 0. The smallest absolute Gasteiger partial charge is 0.223 e. The quantitative estimate of drug-likeness (QED) is 0.671. The van der Waals surface area contributed by atoms with Gasteiger partial charge in [-0.2, -0.15) is 9.97 Å². The Hall–Kier alpha value is -1.56. The first-order valence-corrected chi connectivity index (χ1v) is 5.44. The molecule has 1 atom stereocenters. The van der Waals surface area contributed by atoms with Crippen molar-refractivity contribution in [3.8, 4) is 0 Å². The summed E-state index contributed by atoms with van der Waals surface area (Å²) in [5.41, 5.74) is 5.64. The Morgan fingerprint density at radius 1 is 1.62 bits per heavy atom. The normalized spacial score (nSPS) is 20.1. The Balaban J connectivity index is 2.28. The lowest BCUT2D eigenvalue weighted by atomic mass is 10.2. The molecule has 0 aliphatic carbocycles. The Bertz CT molecular complexity index is 370. The number of aliphatic hydroxyl groups excluding tert-OH is 1. The van der Waals surface area contributed by atoms with Crippen LogP contribution in [0.2, 0.25) is 0 Å². The fraction of sp³-hybridized carbons (Fsp3) is 0.600. The minimum Gasteiger partial charge on any atom is -0.394 e. The number of nitrogens with one attached hydrogen (secondary N) is 1. The third-order valence-electron chi connectivity index (χ3n) is 2.87. The average molecular weight is 223 g/mol. The van der Waals surface area contributed by atoms with E-state index in [0.717, 1.165) is 25.2 Å². The highest BCUT2D eigenvalue weighted by atomic mass is 16.3. The maximum atomic E-state index is 9.26. The van der Waals surface area contributed by atoms with Gasteiger partial charge in [0, 0.05) is 19.7 Å². The van der Waals surface area contributed by atoms with Crippen LogP contribution in [0.1, 0.15) is 12.8 Å². The number of nitrogens with two attached hydrogens (primary N) is 1. The largest absolute Gasteiger partial charge is 0.394 e. The summed E-state index contributed by atoms with van der Waals surface area (Å²) in [6.07, 6.45) is 2.07. The molecule has 0 amide bonds. The Morgan fingerprint density at radius 3 is 3.12 bits per heavy atom. The van der Waals surface area contributed by atoms with Crippen LogP contribution in [0.25, 0.3) is 0 Å². The molecule has 6 nitrogen and oxygen atoms in total. The summed E-state index contributed by atoms with van der Waals surface area (Å²) < 4.78 is 0. The molecule has 6 heteroatoms. The summed E-state index contributed by atoms with van der Waals surface area (Å²) in [5.74, 6) is 1.74. The Morgan fingerprint density at radius 2 is 2.44 bits per heavy atom. The molecule has 0 spiro atoms. The van der Waals surface area contributed by atoms with Crippen molar-refractivity contribution in [3.63, 3.8) is 0 Å². The predicted molar refractivity (Wildman–Crippen MR) is 63.4 cm³/mol. The van der Waals surface area contributed by atoms with Crippen molar-refractivity contribution in [3.05, 3.63) is 6.07 Å². The molecule has 0 aromatic carbocycles. The van der Waals surface area contributed by atoms with Crippen LogP contribution >= 0.6 is 0 Å². The summed E-state index contributed by atoms with van der Waals surface area (Å²) in [5, 5.41) is 12.2. The highest BCUT2D eigenvalue weighted by molar-refractivity contribution is 5.53. The molecule has 1 aromatic rings. The van der Waals surface area contributed by atoms with Crippen LogP contribution < -0.4 is 16.0 Å². The summed E-state index contributed by atoms with van der Waals surface area (Å²) in [4.78, 5) is 10.3. The van der Waals surface area contributed by atoms with Crippen molar-refractivity contribution in [2.24, 2.45) is 0 Å². The lowest BCUT2D eigenvalue weighted by Gasteiger charge is -2.24. The molecule has 0 saturated carbocycles. The van der Waals surface area contributed by atoms with Crippen molar-refractivity contribution in [1.29, 1.82) is 0 Å². The maximum absolute atomic E-state index is 9.26. The number of hydrogen-bond donors (Lipinski definition) is 3. The van der Waals surface area contributed by atoms with E-state index in [1.807, 2.05) is 6.07 Å². The monoisotopic (exact) mass is 223 g/mol. The van der Waals surface area contributed by atoms with E-state index in [9.17, 15) is 5.11 Å². The molecule has 1 aliphatic heterocycles. The average Bonchev–Trinajstić information content (AvgIpc) is 2.76. The van der Waals surface area contributed by atoms with Gasteiger partial charge in [0.1, 0.15) is 11.6 Å². The predicted octanol–water partition coefficient (Wildman–Crippen LogP) is 0.0616. The zero-order valence-corrected chi connectivity index (χ0v) is 9.35. The second-order valence-corrected chi connectivity index (χ2v) is 3.89. The molecule has 0 bridgehead atoms. The van der Waals surface area contributed by atoms with E-state index in [2.05, 4.69) is 20.2 Å². The van der Waals surface area contributed by atoms with Gasteiger partial charge in [-0.05, 0) is 12.8 Å². The van der Waals surface area contributed by atoms with E-state index in [-0.39, 0.29) is 18.6 Å². The second kappa shape index (κ2) is 4.52. The number of hydrogen-bond acceptors (Lipinski definition) is 6. The zero-order chi connectivity index (χ0) is 11.5. The number of aromatic nitrogens is 2. The van der Waals surface area contributed by atoms with Crippen LogP contribution in [-0.2, 0) is 0 Å². The van der Waals surface area contributed by atoms with Gasteiger partial charge < -0.3 is 21.1 Å². The SMILES string of the molecule is CNc1cc(N2CCC[C@H]2CO)nc(N)n1. The van der Waals surface area contributed by atoms with E-state index >= 15 is 0 Å². The van der Waals surface area contributed by atoms with Crippen LogP contribution in [0.5, 0.6) is 0 Å². The second-order valence-electron chi connectivity index (χ2n) is 3.89. The summed E-state index contributed by atoms with van der Waals surface area (Å²) in [6.45, 7) is 1.06. The molecule has 16 heavy (non-hydrogen) atoms. The zero-order valence-electron chi connectivity index (χ0n) is 9.35. The van der Waals surface area contributed by atoms with Crippen LogP contribution in [0, 0.1) is 0 Å². The summed E-state index contributed by atoms with van der Waals surface area (Å²) in [6, 6.07) is 2.00. The lowest BCUT2D eigenvalue weighted by molar-refractivity contribution is 0.266. The molecule has 1 saturated heterocycles. The highest BCUT2D eigenvalue weighted by Crippen LogP contribution is 2.25. The van der Waals surface area contributed by atoms with E-state index in [1.165, 1.54) is 0 Å². The van der Waals surface area contributed by atoms with Gasteiger partial charge in [-0.25, -0.2) is 0 Å². The van der Waals surface area contributed by atoms with Gasteiger partial charge in [0.25, 0.3) is 0 Å². The molecule has 0 unspecified atom stereocenters. The van der Waals surface area contributed by atoms with Crippen molar-refractivity contribution in [1.82, 2.24) is 9.97 Å². The first kappa shape index (κ1) is 10.9. The Labute approximate surface area is 94.5 Å². The third kappa shape index (κ3) is 2.01. The van der Waals surface area contributed by atoms with Gasteiger partial charge >= 0.3 is 0 Å². The van der Waals surface area contributed by atoms with Crippen molar-refractivity contribution >= 4 is 17.6 Å². The van der Waals surface area contributed by atoms with E-state index in [0.29, 0.717) is 5.82 Å². The van der Waals surface area contributed by atoms with Gasteiger partial charge in [0.05, 0.1) is 12.6 Å². The van der Waals surface area contributed by atoms with Crippen molar-refractivity contribution < 1.29 is 5.11 Å². The molecule has 2 heterocycles. The standard InChI is InChI=1S/C10H17N5O/c1-12-8-5-9(14-10(11)13-8)15-4-2-3-7(15)6-16/h5,7,16H,2-4,6H2,1H3,(H3,11,12,13,14)/t7-/m0/s1. The Kier molecular flexibility index (Phi) is 3.09. The van der Waals surface area contributed by atoms with Gasteiger partial charge in [0.2, 0.25) is 5.95 Å². The molecule has 0 radical (unpaired) electrons. The van der Waals surface area contributed by atoms with Crippen molar-refractivity contribution in [2.75, 3.05) is 36.1 Å². The fourth-order valence-corrected chi connectivity index (χ4v) is 2.05. The topological polar surface area (TPSA) is 87.3 Å². The number of rotatable bonds is 3. The fourth-order valence-electron chi connectivity index (χ4n) is 2.05. The van der Waals surface area contributed by atoms with E-state index in [1.54, 1.807) is 7.05 Å². The number of aliphatic hydroxyl groups is 1. The number of nitrogens with zero attached hydrogens (tertiary/aromatic N) is 3. The van der Waals surface area contributed by atoms with Crippen LogP contribution in [0.15, 0.2) is 6.07 Å². The van der Waals surface area contributed by atoms with E-state index < -0.39 is 0 Å². The molecule has 1 fully saturated rings. The molecule has 1 aliphatic rings. The first-order chi connectivity index (χ1) is 7.74. The molecule has 2 rings (SSSR count). The van der Waals surface area contributed by atoms with Gasteiger partial charge in [-0.15, -0.1) is 0 Å². The molecular weight excluding hydrogens is 206 g/mol. The maximum Gasteiger partial charge on any atom is 0.223 e. The minimum absolute atomic E-state index is 0.152. The minimum atomic E-state index is 0.152. The lowest BCUT2D eigenvalue weighted by Crippen LogP contribution is -2.33. The van der Waals surface area contributed by atoms with Crippen molar-refractivity contribution in [2.45, 2.75) is 18.9 Å². The van der Waals surface area contributed by atoms with Gasteiger partial charge in [0.15, 0.2) is 0 Å². The highest BCUT2D eigenvalue weighted by Gasteiger charge is 2.25. The molecular formula is C10H17N5O. The van der Waals surface area contributed by atoms with Gasteiger partial charge in [-0.3, -0.25) is 0 Å². The first-order valence-electron chi connectivity index (χ1n) is 5.44.